The number of benzene rings is 1. The van der Waals surface area contributed by atoms with E-state index in [2.05, 4.69) is 4.98 Å². The van der Waals surface area contributed by atoms with E-state index in [4.69, 9.17) is 17.3 Å². The Balaban J connectivity index is 2.58. The molecule has 2 aromatic rings. The van der Waals surface area contributed by atoms with E-state index < -0.39 is 0 Å². The molecule has 1 aromatic heterocycles. The van der Waals surface area contributed by atoms with Crippen molar-refractivity contribution in [2.45, 2.75) is 13.5 Å². The highest BCUT2D eigenvalue weighted by molar-refractivity contribution is 6.30. The summed E-state index contributed by atoms with van der Waals surface area (Å²) in [6, 6.07) is 5.70. The molecule has 0 spiro atoms. The van der Waals surface area contributed by atoms with Gasteiger partial charge < -0.3 is 10.3 Å². The van der Waals surface area contributed by atoms with Crippen molar-refractivity contribution in [3.63, 3.8) is 0 Å². The lowest BCUT2D eigenvalue weighted by Crippen LogP contribution is -2.05. The molecule has 1 heterocycles. The molecule has 0 saturated heterocycles. The molecule has 0 radical (unpaired) electrons. The van der Waals surface area contributed by atoms with Crippen LogP contribution in [-0.2, 0) is 6.54 Å². The van der Waals surface area contributed by atoms with Crippen LogP contribution in [0, 0.1) is 6.92 Å². The summed E-state index contributed by atoms with van der Waals surface area (Å²) in [6.07, 6.45) is 3.68. The van der Waals surface area contributed by atoms with Crippen LogP contribution < -0.4 is 5.73 Å². The first kappa shape index (κ1) is 10.2. The van der Waals surface area contributed by atoms with Crippen molar-refractivity contribution >= 4 is 11.6 Å². The summed E-state index contributed by atoms with van der Waals surface area (Å²) >= 11 is 5.92. The molecule has 0 saturated carbocycles. The highest BCUT2D eigenvalue weighted by Crippen LogP contribution is 2.20. The number of rotatable bonds is 2. The fourth-order valence-corrected chi connectivity index (χ4v) is 1.78. The maximum atomic E-state index is 5.92. The fourth-order valence-electron chi connectivity index (χ4n) is 1.59. The van der Waals surface area contributed by atoms with Gasteiger partial charge in [-0.1, -0.05) is 11.6 Å². The first-order chi connectivity index (χ1) is 7.22. The molecular formula is C11H12ClN3. The summed E-state index contributed by atoms with van der Waals surface area (Å²) in [7, 11) is 0. The molecule has 0 unspecified atom stereocenters. The second-order valence-electron chi connectivity index (χ2n) is 3.32. The first-order valence-corrected chi connectivity index (χ1v) is 5.09. The van der Waals surface area contributed by atoms with Crippen LogP contribution in [-0.4, -0.2) is 9.55 Å². The Hall–Kier alpha value is -1.32. The summed E-state index contributed by atoms with van der Waals surface area (Å²) in [5.41, 5.74) is 7.74. The number of nitrogens with two attached hydrogens (primary N) is 1. The van der Waals surface area contributed by atoms with Crippen molar-refractivity contribution in [3.05, 3.63) is 47.0 Å². The van der Waals surface area contributed by atoms with Gasteiger partial charge in [0, 0.05) is 24.0 Å². The van der Waals surface area contributed by atoms with Crippen molar-refractivity contribution in [2.24, 2.45) is 5.73 Å². The smallest absolute Gasteiger partial charge is 0.110 e. The molecule has 15 heavy (non-hydrogen) atoms. The number of imidazole rings is 1. The van der Waals surface area contributed by atoms with Crippen LogP contribution in [0.2, 0.25) is 5.02 Å². The van der Waals surface area contributed by atoms with Gasteiger partial charge in [-0.15, -0.1) is 0 Å². The lowest BCUT2D eigenvalue weighted by Gasteiger charge is -2.10. The Labute approximate surface area is 93.5 Å². The molecule has 2 rings (SSSR count). The largest absolute Gasteiger partial charge is 0.326 e. The van der Waals surface area contributed by atoms with Crippen LogP contribution >= 0.6 is 11.6 Å². The van der Waals surface area contributed by atoms with Gasteiger partial charge in [0.25, 0.3) is 0 Å². The van der Waals surface area contributed by atoms with Crippen LogP contribution in [0.4, 0.5) is 0 Å². The normalized spacial score (nSPS) is 10.6. The molecule has 0 aliphatic rings. The minimum Gasteiger partial charge on any atom is -0.326 e. The van der Waals surface area contributed by atoms with Gasteiger partial charge in [0.05, 0.1) is 5.69 Å². The summed E-state index contributed by atoms with van der Waals surface area (Å²) in [6.45, 7) is 2.42. The maximum Gasteiger partial charge on any atom is 0.110 e. The van der Waals surface area contributed by atoms with E-state index in [9.17, 15) is 0 Å². The molecule has 4 heteroatoms. The molecule has 0 aliphatic heterocycles. The third kappa shape index (κ3) is 1.89. The Morgan fingerprint density at radius 1 is 1.47 bits per heavy atom. The van der Waals surface area contributed by atoms with E-state index in [0.717, 1.165) is 17.1 Å². The minimum absolute atomic E-state index is 0.466. The highest BCUT2D eigenvalue weighted by atomic mass is 35.5. The molecule has 0 bridgehead atoms. The minimum atomic E-state index is 0.466. The molecule has 0 amide bonds. The van der Waals surface area contributed by atoms with Gasteiger partial charge in [-0.05, 0) is 30.7 Å². The Morgan fingerprint density at radius 2 is 2.27 bits per heavy atom. The SMILES string of the molecule is Cc1nccn1-c1ccc(Cl)cc1CN. The summed E-state index contributed by atoms with van der Waals surface area (Å²) in [5, 5.41) is 0.706. The van der Waals surface area contributed by atoms with Crippen molar-refractivity contribution < 1.29 is 0 Å². The van der Waals surface area contributed by atoms with E-state index in [1.165, 1.54) is 0 Å². The number of aryl methyl sites for hydroxylation is 1. The lowest BCUT2D eigenvalue weighted by molar-refractivity contribution is 0.937. The number of hydrogen-bond acceptors (Lipinski definition) is 2. The van der Waals surface area contributed by atoms with E-state index >= 15 is 0 Å². The summed E-state index contributed by atoms with van der Waals surface area (Å²) < 4.78 is 2.00. The van der Waals surface area contributed by atoms with Gasteiger partial charge in [-0.3, -0.25) is 0 Å². The second-order valence-corrected chi connectivity index (χ2v) is 3.76. The molecule has 1 aromatic carbocycles. The molecule has 78 valence electrons. The van der Waals surface area contributed by atoms with Gasteiger partial charge in [0.15, 0.2) is 0 Å². The van der Waals surface area contributed by atoms with E-state index in [0.29, 0.717) is 11.6 Å². The predicted molar refractivity (Wildman–Crippen MR) is 61.2 cm³/mol. The Bertz CT molecular complexity index is 476. The van der Waals surface area contributed by atoms with Crippen molar-refractivity contribution in [2.75, 3.05) is 0 Å². The van der Waals surface area contributed by atoms with Crippen molar-refractivity contribution in [1.82, 2.24) is 9.55 Å². The lowest BCUT2D eigenvalue weighted by atomic mass is 10.1. The van der Waals surface area contributed by atoms with Crippen LogP contribution in [0.15, 0.2) is 30.6 Å². The monoisotopic (exact) mass is 221 g/mol. The highest BCUT2D eigenvalue weighted by Gasteiger charge is 2.05. The Morgan fingerprint density at radius 3 is 2.87 bits per heavy atom. The van der Waals surface area contributed by atoms with Gasteiger partial charge in [-0.2, -0.15) is 0 Å². The van der Waals surface area contributed by atoms with Gasteiger partial charge in [-0.25, -0.2) is 4.98 Å². The van der Waals surface area contributed by atoms with Gasteiger partial charge in [0.2, 0.25) is 0 Å². The Kier molecular flexibility index (Phi) is 2.75. The van der Waals surface area contributed by atoms with Crippen molar-refractivity contribution in [1.29, 1.82) is 0 Å². The molecule has 0 atom stereocenters. The molecule has 2 N–H and O–H groups in total. The van der Waals surface area contributed by atoms with Crippen molar-refractivity contribution in [3.8, 4) is 5.69 Å². The summed E-state index contributed by atoms with van der Waals surface area (Å²) in [4.78, 5) is 4.18. The zero-order valence-electron chi connectivity index (χ0n) is 8.44. The second kappa shape index (κ2) is 4.04. The van der Waals surface area contributed by atoms with Gasteiger partial charge in [0.1, 0.15) is 5.82 Å². The third-order valence-electron chi connectivity index (χ3n) is 2.35. The molecule has 0 aliphatic carbocycles. The zero-order valence-corrected chi connectivity index (χ0v) is 9.20. The number of halogens is 1. The molecule has 0 fully saturated rings. The first-order valence-electron chi connectivity index (χ1n) is 4.71. The third-order valence-corrected chi connectivity index (χ3v) is 2.58. The van der Waals surface area contributed by atoms with E-state index in [1.54, 1.807) is 6.20 Å². The van der Waals surface area contributed by atoms with Crippen LogP contribution in [0.5, 0.6) is 0 Å². The number of nitrogens with zero attached hydrogens (tertiary/aromatic N) is 2. The molecular weight excluding hydrogens is 210 g/mol. The van der Waals surface area contributed by atoms with E-state index in [-0.39, 0.29) is 0 Å². The topological polar surface area (TPSA) is 43.8 Å². The van der Waals surface area contributed by atoms with E-state index in [1.807, 2.05) is 35.9 Å². The average Bonchev–Trinajstić information content (AvgIpc) is 2.64. The van der Waals surface area contributed by atoms with Crippen LogP contribution in [0.25, 0.3) is 5.69 Å². The summed E-state index contributed by atoms with van der Waals surface area (Å²) in [5.74, 6) is 0.937. The quantitative estimate of drug-likeness (QED) is 0.846. The fraction of sp³-hybridized carbons (Fsp3) is 0.182. The van der Waals surface area contributed by atoms with Gasteiger partial charge >= 0.3 is 0 Å². The molecule has 3 nitrogen and oxygen atoms in total. The van der Waals surface area contributed by atoms with Crippen LogP contribution in [0.3, 0.4) is 0 Å². The average molecular weight is 222 g/mol. The standard InChI is InChI=1S/C11H12ClN3/c1-8-14-4-5-15(8)11-3-2-10(12)6-9(11)7-13/h2-6H,7,13H2,1H3. The maximum absolute atomic E-state index is 5.92. The van der Waals surface area contributed by atoms with Crippen LogP contribution in [0.1, 0.15) is 11.4 Å². The number of hydrogen-bond donors (Lipinski definition) is 1. The number of aromatic nitrogens is 2. The predicted octanol–water partition coefficient (Wildman–Crippen LogP) is 2.29. The zero-order chi connectivity index (χ0) is 10.8.